The fourth-order valence-electron chi connectivity index (χ4n) is 5.93. The lowest BCUT2D eigenvalue weighted by molar-refractivity contribution is 1.07. The van der Waals surface area contributed by atoms with Crippen LogP contribution >= 0.6 is 22.7 Å². The van der Waals surface area contributed by atoms with Gasteiger partial charge in [-0.1, -0.05) is 109 Å². The molecule has 0 radical (unpaired) electrons. The molecule has 9 aromatic rings. The Bertz CT molecular complexity index is 2440. The highest BCUT2D eigenvalue weighted by Crippen LogP contribution is 2.41. The topological polar surface area (TPSA) is 51.6 Å². The molecule has 0 unspecified atom stereocenters. The van der Waals surface area contributed by atoms with Crippen molar-refractivity contribution in [1.29, 1.82) is 0 Å². The van der Waals surface area contributed by atoms with Gasteiger partial charge in [0.05, 0.1) is 10.2 Å². The largest absolute Gasteiger partial charge is 0.236 e. The number of thiazole rings is 1. The van der Waals surface area contributed by atoms with Crippen LogP contribution in [-0.2, 0) is 0 Å². The van der Waals surface area contributed by atoms with Crippen LogP contribution in [0.2, 0.25) is 0 Å². The van der Waals surface area contributed by atoms with E-state index in [0.717, 1.165) is 48.6 Å². The molecule has 3 aromatic heterocycles. The summed E-state index contributed by atoms with van der Waals surface area (Å²) in [5, 5.41) is 3.49. The quantitative estimate of drug-likeness (QED) is 0.191. The maximum Gasteiger partial charge on any atom is 0.164 e. The van der Waals surface area contributed by atoms with Crippen LogP contribution < -0.4 is 0 Å². The van der Waals surface area contributed by atoms with Crippen LogP contribution in [0.3, 0.4) is 0 Å². The van der Waals surface area contributed by atoms with Crippen molar-refractivity contribution in [2.75, 3.05) is 0 Å². The highest BCUT2D eigenvalue weighted by Gasteiger charge is 2.19. The van der Waals surface area contributed by atoms with E-state index in [0.29, 0.717) is 17.5 Å². The molecule has 3 heterocycles. The van der Waals surface area contributed by atoms with E-state index in [1.165, 1.54) is 20.2 Å². The summed E-state index contributed by atoms with van der Waals surface area (Å²) in [6, 6.07) is 50.5. The summed E-state index contributed by atoms with van der Waals surface area (Å²) in [7, 11) is 0. The van der Waals surface area contributed by atoms with Gasteiger partial charge in [0.2, 0.25) is 0 Å². The smallest absolute Gasteiger partial charge is 0.164 e. The normalized spacial score (nSPS) is 11.5. The molecule has 9 rings (SSSR count). The van der Waals surface area contributed by atoms with E-state index in [9.17, 15) is 0 Å². The Morgan fingerprint density at radius 2 is 0.957 bits per heavy atom. The first-order chi connectivity index (χ1) is 22.8. The van der Waals surface area contributed by atoms with Crippen molar-refractivity contribution < 1.29 is 0 Å². The molecule has 0 fully saturated rings. The molecule has 0 atom stereocenters. The van der Waals surface area contributed by atoms with E-state index in [1.54, 1.807) is 11.3 Å². The lowest BCUT2D eigenvalue weighted by Crippen LogP contribution is -2.01. The molecule has 0 bridgehead atoms. The van der Waals surface area contributed by atoms with Gasteiger partial charge in [-0.05, 0) is 47.5 Å². The third-order valence-electron chi connectivity index (χ3n) is 8.19. The molecule has 0 N–H and O–H groups in total. The van der Waals surface area contributed by atoms with E-state index in [2.05, 4.69) is 78.9 Å². The zero-order chi connectivity index (χ0) is 30.5. The molecule has 0 aliphatic heterocycles. The zero-order valence-electron chi connectivity index (χ0n) is 24.5. The van der Waals surface area contributed by atoms with Crippen molar-refractivity contribution in [2.45, 2.75) is 0 Å². The van der Waals surface area contributed by atoms with Gasteiger partial charge >= 0.3 is 0 Å². The number of benzene rings is 6. The minimum atomic E-state index is 0.626. The van der Waals surface area contributed by atoms with E-state index >= 15 is 0 Å². The molecule has 216 valence electrons. The van der Waals surface area contributed by atoms with Crippen LogP contribution in [0.1, 0.15) is 0 Å². The number of rotatable bonds is 5. The van der Waals surface area contributed by atoms with Crippen LogP contribution in [0.25, 0.3) is 86.3 Å². The van der Waals surface area contributed by atoms with E-state index < -0.39 is 0 Å². The van der Waals surface area contributed by atoms with Gasteiger partial charge in [-0.3, -0.25) is 0 Å². The Morgan fingerprint density at radius 3 is 1.70 bits per heavy atom. The average Bonchev–Trinajstić information content (AvgIpc) is 3.74. The summed E-state index contributed by atoms with van der Waals surface area (Å²) in [6.07, 6.45) is 0. The van der Waals surface area contributed by atoms with Crippen LogP contribution in [-0.4, -0.2) is 19.9 Å². The van der Waals surface area contributed by atoms with Crippen molar-refractivity contribution in [3.63, 3.8) is 0 Å². The molecule has 0 spiro atoms. The first kappa shape index (κ1) is 26.8. The lowest BCUT2D eigenvalue weighted by Gasteiger charge is -2.13. The first-order valence-corrected chi connectivity index (χ1v) is 16.7. The highest BCUT2D eigenvalue weighted by atomic mass is 32.1. The number of nitrogens with zero attached hydrogens (tertiary/aromatic N) is 4. The van der Waals surface area contributed by atoms with Crippen LogP contribution in [0.4, 0.5) is 0 Å². The van der Waals surface area contributed by atoms with Gasteiger partial charge in [-0.15, -0.1) is 22.7 Å². The Balaban J connectivity index is 1.30. The lowest BCUT2D eigenvalue weighted by atomic mass is 9.95. The summed E-state index contributed by atoms with van der Waals surface area (Å²) in [6.45, 7) is 0. The molecule has 0 saturated carbocycles. The third kappa shape index (κ3) is 4.76. The number of fused-ring (bicyclic) bond motifs is 4. The van der Waals surface area contributed by atoms with E-state index in [-0.39, 0.29) is 0 Å². The van der Waals surface area contributed by atoms with Gasteiger partial charge in [-0.25, -0.2) is 19.9 Å². The summed E-state index contributed by atoms with van der Waals surface area (Å²) >= 11 is 3.52. The molecular weight excluding hydrogens is 601 g/mol. The SMILES string of the molecule is c1ccc(-c2nc(-c3ccccc3)nc(-c3cc(-c4nc5ccccc5s4)ccc3-c3ccc4sc5ccccc5c4c3)n2)cc1. The van der Waals surface area contributed by atoms with Crippen LogP contribution in [0.15, 0.2) is 146 Å². The van der Waals surface area contributed by atoms with Crippen molar-refractivity contribution in [2.24, 2.45) is 0 Å². The van der Waals surface area contributed by atoms with Crippen molar-refractivity contribution in [3.8, 4) is 55.9 Å². The monoisotopic (exact) mass is 624 g/mol. The second kappa shape index (κ2) is 11.1. The second-order valence-corrected chi connectivity index (χ2v) is 13.2. The summed E-state index contributed by atoms with van der Waals surface area (Å²) in [5.74, 6) is 1.90. The van der Waals surface area contributed by atoms with Gasteiger partial charge in [0.15, 0.2) is 17.5 Å². The van der Waals surface area contributed by atoms with E-state index in [4.69, 9.17) is 19.9 Å². The molecule has 6 heteroatoms. The predicted molar refractivity (Wildman–Crippen MR) is 193 cm³/mol. The molecular formula is C40H24N4S2. The molecule has 0 aliphatic carbocycles. The van der Waals surface area contributed by atoms with E-state index in [1.807, 2.05) is 78.1 Å². The summed E-state index contributed by atoms with van der Waals surface area (Å²) in [5.41, 5.74) is 7.03. The Labute approximate surface area is 273 Å². The Hall–Kier alpha value is -5.56. The first-order valence-electron chi connectivity index (χ1n) is 15.1. The molecule has 0 amide bonds. The average molecular weight is 625 g/mol. The molecule has 4 nitrogen and oxygen atoms in total. The Kier molecular flexibility index (Phi) is 6.47. The molecule has 0 aliphatic rings. The number of hydrogen-bond donors (Lipinski definition) is 0. The van der Waals surface area contributed by atoms with Crippen molar-refractivity contribution in [3.05, 3.63) is 146 Å². The van der Waals surface area contributed by atoms with Crippen LogP contribution in [0.5, 0.6) is 0 Å². The zero-order valence-corrected chi connectivity index (χ0v) is 26.1. The maximum absolute atomic E-state index is 5.13. The number of aromatic nitrogens is 4. The van der Waals surface area contributed by atoms with Crippen LogP contribution in [0, 0.1) is 0 Å². The van der Waals surface area contributed by atoms with Gasteiger partial charge in [0.1, 0.15) is 5.01 Å². The number of para-hydroxylation sites is 1. The fourth-order valence-corrected chi connectivity index (χ4v) is 7.98. The molecule has 6 aromatic carbocycles. The fraction of sp³-hybridized carbons (Fsp3) is 0. The van der Waals surface area contributed by atoms with Gasteiger partial charge in [0.25, 0.3) is 0 Å². The molecule has 46 heavy (non-hydrogen) atoms. The van der Waals surface area contributed by atoms with Crippen molar-refractivity contribution in [1.82, 2.24) is 19.9 Å². The number of thiophene rings is 1. The predicted octanol–water partition coefficient (Wildman–Crippen LogP) is 11.2. The minimum Gasteiger partial charge on any atom is -0.236 e. The number of hydrogen-bond acceptors (Lipinski definition) is 6. The maximum atomic E-state index is 5.13. The van der Waals surface area contributed by atoms with Gasteiger partial charge in [0, 0.05) is 42.4 Å². The summed E-state index contributed by atoms with van der Waals surface area (Å²) < 4.78 is 3.73. The standard InChI is InChI=1S/C40H24N4S2/c1-3-11-25(12-4-1)37-42-38(26-13-5-2-6-14-26)44-39(43-37)32-24-28(40-41-33-16-8-10-18-36(33)46-40)19-21-29(32)27-20-22-35-31(23-27)30-15-7-9-17-34(30)45-35/h1-24H. The van der Waals surface area contributed by atoms with Gasteiger partial charge < -0.3 is 0 Å². The molecule has 0 saturated heterocycles. The highest BCUT2D eigenvalue weighted by molar-refractivity contribution is 7.25. The second-order valence-electron chi connectivity index (χ2n) is 11.1. The van der Waals surface area contributed by atoms with Crippen molar-refractivity contribution >= 4 is 53.1 Å². The third-order valence-corrected chi connectivity index (χ3v) is 10.4. The Morgan fingerprint density at radius 1 is 0.348 bits per heavy atom. The minimum absolute atomic E-state index is 0.626. The van der Waals surface area contributed by atoms with Gasteiger partial charge in [-0.2, -0.15) is 0 Å². The summed E-state index contributed by atoms with van der Waals surface area (Å²) in [4.78, 5) is 20.2.